The molecule has 0 spiro atoms. The standard InChI is InChI=1S/C21H11BrClNO4S2/c22-12-2-4-13(5-3-12)24-19(25)18(30-21(24)29)10-14-6-8-17(28-14)11-1-7-15(20(26)27)16(23)9-11/h1-10H,(H,26,27)/b18-10-. The van der Waals surface area contributed by atoms with E-state index in [1.165, 1.54) is 28.8 Å². The highest BCUT2D eigenvalue weighted by Gasteiger charge is 2.33. The summed E-state index contributed by atoms with van der Waals surface area (Å²) in [5.41, 5.74) is 1.34. The monoisotopic (exact) mass is 519 g/mol. The van der Waals surface area contributed by atoms with E-state index in [1.54, 1.807) is 24.3 Å². The molecule has 0 aliphatic carbocycles. The van der Waals surface area contributed by atoms with Crippen molar-refractivity contribution in [2.75, 3.05) is 4.90 Å². The second kappa shape index (κ2) is 8.39. The molecule has 1 aromatic heterocycles. The van der Waals surface area contributed by atoms with Crippen LogP contribution in [0.25, 0.3) is 17.4 Å². The fourth-order valence-electron chi connectivity index (χ4n) is 2.84. The van der Waals surface area contributed by atoms with Gasteiger partial charge in [-0.05, 0) is 48.5 Å². The molecule has 0 bridgehead atoms. The van der Waals surface area contributed by atoms with E-state index >= 15 is 0 Å². The van der Waals surface area contributed by atoms with Crippen molar-refractivity contribution in [3.63, 3.8) is 0 Å². The molecule has 1 aliphatic rings. The van der Waals surface area contributed by atoms with Crippen LogP contribution in [0.1, 0.15) is 16.1 Å². The number of hydrogen-bond donors (Lipinski definition) is 1. The predicted molar refractivity (Wildman–Crippen MR) is 126 cm³/mol. The quantitative estimate of drug-likeness (QED) is 0.314. The normalized spacial score (nSPS) is 15.3. The number of carbonyl (C=O) groups excluding carboxylic acids is 1. The van der Waals surface area contributed by atoms with E-state index in [2.05, 4.69) is 15.9 Å². The smallest absolute Gasteiger partial charge is 0.337 e. The second-order valence-corrected chi connectivity index (χ2v) is 9.19. The van der Waals surface area contributed by atoms with E-state index in [4.69, 9.17) is 33.3 Å². The zero-order valence-electron chi connectivity index (χ0n) is 15.0. The summed E-state index contributed by atoms with van der Waals surface area (Å²) in [7, 11) is 0. The van der Waals surface area contributed by atoms with Crippen molar-refractivity contribution >= 4 is 79.5 Å². The number of benzene rings is 2. The van der Waals surface area contributed by atoms with Crippen molar-refractivity contribution in [1.29, 1.82) is 0 Å². The third-order valence-electron chi connectivity index (χ3n) is 4.26. The lowest BCUT2D eigenvalue weighted by Gasteiger charge is -2.14. The highest BCUT2D eigenvalue weighted by Crippen LogP contribution is 2.37. The van der Waals surface area contributed by atoms with Gasteiger partial charge in [-0.15, -0.1) is 0 Å². The molecule has 0 unspecified atom stereocenters. The molecule has 5 nitrogen and oxygen atoms in total. The van der Waals surface area contributed by atoms with Gasteiger partial charge in [0.2, 0.25) is 0 Å². The molecule has 30 heavy (non-hydrogen) atoms. The topological polar surface area (TPSA) is 70.8 Å². The number of thioether (sulfide) groups is 1. The van der Waals surface area contributed by atoms with Crippen LogP contribution < -0.4 is 4.90 Å². The van der Waals surface area contributed by atoms with Crippen LogP contribution in [0.3, 0.4) is 0 Å². The summed E-state index contributed by atoms with van der Waals surface area (Å²) >= 11 is 16.0. The Morgan fingerprint density at radius 2 is 1.90 bits per heavy atom. The Hall–Kier alpha value is -2.39. The number of amides is 1. The Morgan fingerprint density at radius 3 is 2.57 bits per heavy atom. The molecule has 3 aromatic rings. The van der Waals surface area contributed by atoms with E-state index in [9.17, 15) is 9.59 Å². The first kappa shape index (κ1) is 20.9. The maximum atomic E-state index is 12.9. The summed E-state index contributed by atoms with van der Waals surface area (Å²) in [6.45, 7) is 0. The molecule has 0 atom stereocenters. The number of carboxylic acids is 1. The number of nitrogens with zero attached hydrogens (tertiary/aromatic N) is 1. The molecule has 2 heterocycles. The third-order valence-corrected chi connectivity index (χ3v) is 6.41. The van der Waals surface area contributed by atoms with E-state index in [0.717, 1.165) is 4.47 Å². The number of carbonyl (C=O) groups is 2. The number of aromatic carboxylic acids is 1. The van der Waals surface area contributed by atoms with E-state index in [1.807, 2.05) is 24.3 Å². The molecule has 0 radical (unpaired) electrons. The summed E-state index contributed by atoms with van der Waals surface area (Å²) in [6.07, 6.45) is 1.63. The molecular formula is C21H11BrClNO4S2. The molecule has 1 amide bonds. The van der Waals surface area contributed by atoms with Crippen LogP contribution in [-0.4, -0.2) is 21.3 Å². The molecular weight excluding hydrogens is 510 g/mol. The lowest BCUT2D eigenvalue weighted by atomic mass is 10.1. The van der Waals surface area contributed by atoms with Gasteiger partial charge in [-0.25, -0.2) is 4.79 Å². The summed E-state index contributed by atoms with van der Waals surface area (Å²) < 4.78 is 7.16. The van der Waals surface area contributed by atoms with E-state index < -0.39 is 5.97 Å². The van der Waals surface area contributed by atoms with Crippen LogP contribution >= 0.6 is 51.5 Å². The molecule has 1 saturated heterocycles. The lowest BCUT2D eigenvalue weighted by molar-refractivity contribution is -0.113. The molecule has 9 heteroatoms. The van der Waals surface area contributed by atoms with Crippen molar-refractivity contribution < 1.29 is 19.1 Å². The number of thiocarbonyl (C=S) groups is 1. The van der Waals surface area contributed by atoms with Gasteiger partial charge in [-0.2, -0.15) is 0 Å². The Bertz CT molecular complexity index is 1220. The second-order valence-electron chi connectivity index (χ2n) is 6.20. The van der Waals surface area contributed by atoms with Crippen LogP contribution in [0.5, 0.6) is 0 Å². The highest BCUT2D eigenvalue weighted by molar-refractivity contribution is 9.10. The summed E-state index contributed by atoms with van der Waals surface area (Å²) in [5.74, 6) is -0.346. The largest absolute Gasteiger partial charge is 0.478 e. The zero-order chi connectivity index (χ0) is 21.4. The van der Waals surface area contributed by atoms with Gasteiger partial charge in [-0.1, -0.05) is 57.6 Å². The third kappa shape index (κ3) is 4.09. The lowest BCUT2D eigenvalue weighted by Crippen LogP contribution is -2.27. The molecule has 1 N–H and O–H groups in total. The van der Waals surface area contributed by atoms with Gasteiger partial charge >= 0.3 is 5.97 Å². The van der Waals surface area contributed by atoms with Crippen LogP contribution in [0.15, 0.2) is 68.4 Å². The van der Waals surface area contributed by atoms with Crippen LogP contribution in [0.2, 0.25) is 5.02 Å². The molecule has 0 saturated carbocycles. The van der Waals surface area contributed by atoms with E-state index in [-0.39, 0.29) is 16.5 Å². The molecule has 4 rings (SSSR count). The highest BCUT2D eigenvalue weighted by atomic mass is 79.9. The predicted octanol–water partition coefficient (Wildman–Crippen LogP) is 6.47. The maximum absolute atomic E-state index is 12.9. The van der Waals surface area contributed by atoms with Crippen LogP contribution in [0.4, 0.5) is 5.69 Å². The minimum Gasteiger partial charge on any atom is -0.478 e. The Morgan fingerprint density at radius 1 is 1.17 bits per heavy atom. The number of furan rings is 1. The number of carboxylic acid groups (broad SMARTS) is 1. The van der Waals surface area contributed by atoms with Crippen molar-refractivity contribution in [2.45, 2.75) is 0 Å². The summed E-state index contributed by atoms with van der Waals surface area (Å²) in [5, 5.41) is 9.21. The van der Waals surface area contributed by atoms with Crippen molar-refractivity contribution in [3.8, 4) is 11.3 Å². The number of rotatable bonds is 4. The summed E-state index contributed by atoms with van der Waals surface area (Å²) in [4.78, 5) is 25.9. The fourth-order valence-corrected chi connectivity index (χ4v) is 4.64. The number of anilines is 1. The van der Waals surface area contributed by atoms with Gasteiger partial charge in [0, 0.05) is 16.1 Å². The van der Waals surface area contributed by atoms with Crippen LogP contribution in [-0.2, 0) is 4.79 Å². The van der Waals surface area contributed by atoms with Crippen molar-refractivity contribution in [1.82, 2.24) is 0 Å². The van der Waals surface area contributed by atoms with E-state index in [0.29, 0.717) is 32.0 Å². The first-order valence-electron chi connectivity index (χ1n) is 8.50. The average molecular weight is 521 g/mol. The molecule has 150 valence electrons. The van der Waals surface area contributed by atoms with Crippen molar-refractivity contribution in [2.24, 2.45) is 0 Å². The minimum atomic E-state index is -1.10. The zero-order valence-corrected chi connectivity index (χ0v) is 18.9. The Labute approximate surface area is 194 Å². The molecule has 1 fully saturated rings. The number of hydrogen-bond acceptors (Lipinski definition) is 5. The molecule has 2 aromatic carbocycles. The van der Waals surface area contributed by atoms with Gasteiger partial charge in [0.15, 0.2) is 4.32 Å². The first-order chi connectivity index (χ1) is 14.3. The Kier molecular flexibility index (Phi) is 5.84. The number of halogens is 2. The maximum Gasteiger partial charge on any atom is 0.337 e. The first-order valence-corrected chi connectivity index (χ1v) is 10.9. The SMILES string of the molecule is O=C(O)c1ccc(-c2ccc(/C=C3\SC(=S)N(c4ccc(Br)cc4)C3=O)o2)cc1Cl. The minimum absolute atomic E-state index is 0.0174. The van der Waals surface area contributed by atoms with Crippen molar-refractivity contribution in [3.05, 3.63) is 80.3 Å². The fraction of sp³-hybridized carbons (Fsp3) is 0. The van der Waals surface area contributed by atoms with Gasteiger partial charge in [0.05, 0.1) is 21.2 Å². The summed E-state index contributed by atoms with van der Waals surface area (Å²) in [6, 6.07) is 15.3. The Balaban J connectivity index is 1.59. The van der Waals surface area contributed by atoms with Gasteiger partial charge in [0.25, 0.3) is 5.91 Å². The van der Waals surface area contributed by atoms with Gasteiger partial charge in [0.1, 0.15) is 11.5 Å². The molecule has 1 aliphatic heterocycles. The average Bonchev–Trinajstić information content (AvgIpc) is 3.27. The van der Waals surface area contributed by atoms with Gasteiger partial charge in [-0.3, -0.25) is 9.69 Å². The van der Waals surface area contributed by atoms with Gasteiger partial charge < -0.3 is 9.52 Å². The van der Waals surface area contributed by atoms with Crippen LogP contribution in [0, 0.1) is 0 Å².